The van der Waals surface area contributed by atoms with Crippen LogP contribution in [-0.4, -0.2) is 57.1 Å². The van der Waals surface area contributed by atoms with E-state index in [1.165, 1.54) is 16.7 Å². The topological polar surface area (TPSA) is 96.0 Å². The first-order valence-electron chi connectivity index (χ1n) is 16.2. The van der Waals surface area contributed by atoms with Crippen LogP contribution in [0.15, 0.2) is 113 Å². The molecule has 0 bridgehead atoms. The van der Waals surface area contributed by atoms with Crippen LogP contribution in [0, 0.1) is 6.92 Å². The van der Waals surface area contributed by atoms with Gasteiger partial charge in [-0.05, 0) is 86.2 Å². The van der Waals surface area contributed by atoms with Gasteiger partial charge in [0.2, 0.25) is 11.8 Å². The average molecular weight is 688 g/mol. The molecule has 0 heterocycles. The van der Waals surface area contributed by atoms with Crippen molar-refractivity contribution < 1.29 is 22.7 Å². The van der Waals surface area contributed by atoms with E-state index in [9.17, 15) is 18.0 Å². The number of anilines is 1. The van der Waals surface area contributed by atoms with Crippen molar-refractivity contribution in [3.8, 4) is 5.75 Å². The third kappa shape index (κ3) is 9.87. The summed E-state index contributed by atoms with van der Waals surface area (Å²) in [6.45, 7) is 6.43. The summed E-state index contributed by atoms with van der Waals surface area (Å²) in [5.74, 6) is -0.195. The first kappa shape index (κ1) is 36.6. The Morgan fingerprint density at radius 1 is 0.875 bits per heavy atom. The maximum atomic E-state index is 14.6. The second-order valence-electron chi connectivity index (χ2n) is 11.5. The zero-order valence-electron chi connectivity index (χ0n) is 28.1. The summed E-state index contributed by atoms with van der Waals surface area (Å²) >= 11 is 1.51. The molecule has 10 heteroatoms. The number of sulfonamides is 1. The Bertz CT molecular complexity index is 1730. The van der Waals surface area contributed by atoms with Crippen molar-refractivity contribution in [2.75, 3.05) is 30.3 Å². The van der Waals surface area contributed by atoms with Crippen LogP contribution in [0.1, 0.15) is 43.4 Å². The van der Waals surface area contributed by atoms with Crippen molar-refractivity contribution in [3.63, 3.8) is 0 Å². The molecule has 8 nitrogen and oxygen atoms in total. The van der Waals surface area contributed by atoms with Gasteiger partial charge in [0, 0.05) is 24.4 Å². The fourth-order valence-electron chi connectivity index (χ4n) is 5.35. The van der Waals surface area contributed by atoms with Crippen LogP contribution in [0.3, 0.4) is 0 Å². The number of thioether (sulfide) groups is 1. The number of hydrogen-bond acceptors (Lipinski definition) is 6. The lowest BCUT2D eigenvalue weighted by molar-refractivity contribution is -0.140. The molecule has 1 atom stereocenters. The number of ether oxygens (including phenoxy) is 1. The molecule has 0 saturated heterocycles. The molecular formula is C38H45N3O5S2. The quantitative estimate of drug-likeness (QED) is 0.0962. The van der Waals surface area contributed by atoms with E-state index in [0.717, 1.165) is 38.7 Å². The largest absolute Gasteiger partial charge is 0.494 e. The second-order valence-corrected chi connectivity index (χ2v) is 14.2. The van der Waals surface area contributed by atoms with Crippen LogP contribution in [0.4, 0.5) is 5.69 Å². The number of carbonyl (C=O) groups is 2. The van der Waals surface area contributed by atoms with Crippen molar-refractivity contribution in [1.82, 2.24) is 10.2 Å². The van der Waals surface area contributed by atoms with Crippen molar-refractivity contribution in [3.05, 3.63) is 120 Å². The van der Waals surface area contributed by atoms with E-state index in [0.29, 0.717) is 24.6 Å². The van der Waals surface area contributed by atoms with Gasteiger partial charge < -0.3 is 15.0 Å². The van der Waals surface area contributed by atoms with E-state index in [1.54, 1.807) is 48.5 Å². The molecule has 2 amide bonds. The van der Waals surface area contributed by atoms with Crippen molar-refractivity contribution >= 4 is 39.3 Å². The number of hydrogen-bond donors (Lipinski definition) is 1. The van der Waals surface area contributed by atoms with Gasteiger partial charge in [-0.25, -0.2) is 8.42 Å². The zero-order valence-corrected chi connectivity index (χ0v) is 29.7. The Morgan fingerprint density at radius 2 is 1.56 bits per heavy atom. The minimum Gasteiger partial charge on any atom is -0.494 e. The Morgan fingerprint density at radius 3 is 2.19 bits per heavy atom. The van der Waals surface area contributed by atoms with E-state index in [1.807, 2.05) is 81.6 Å². The highest BCUT2D eigenvalue weighted by atomic mass is 32.2. The molecule has 0 fully saturated rings. The highest BCUT2D eigenvalue weighted by Crippen LogP contribution is 2.28. The summed E-state index contributed by atoms with van der Waals surface area (Å²) < 4.78 is 35.3. The van der Waals surface area contributed by atoms with E-state index < -0.39 is 28.5 Å². The number of carbonyl (C=O) groups excluding carboxylic acids is 2. The molecule has 4 aromatic rings. The first-order valence-corrected chi connectivity index (χ1v) is 18.9. The molecule has 254 valence electrons. The third-order valence-corrected chi connectivity index (χ3v) is 10.4. The predicted octanol–water partition coefficient (Wildman–Crippen LogP) is 6.87. The highest BCUT2D eigenvalue weighted by Gasteiger charge is 2.34. The first-order chi connectivity index (χ1) is 23.2. The minimum absolute atomic E-state index is 0.0605. The zero-order chi connectivity index (χ0) is 34.5. The SMILES string of the molecule is CCCCNC(=O)C(Cc1ccccc1)N(Cc1cccc(C)c1)C(=O)CN(c1ccc(OCC)cc1)S(=O)(=O)c1ccc(SC)cc1. The molecule has 0 aromatic heterocycles. The fourth-order valence-corrected chi connectivity index (χ4v) is 7.17. The van der Waals surface area contributed by atoms with Gasteiger partial charge in [-0.2, -0.15) is 0 Å². The summed E-state index contributed by atoms with van der Waals surface area (Å²) in [6, 6.07) is 29.7. The average Bonchev–Trinajstić information content (AvgIpc) is 3.09. The summed E-state index contributed by atoms with van der Waals surface area (Å²) in [5.41, 5.74) is 3.05. The molecular weight excluding hydrogens is 643 g/mol. The number of benzene rings is 4. The van der Waals surface area contributed by atoms with Gasteiger partial charge in [-0.3, -0.25) is 13.9 Å². The predicted molar refractivity (Wildman–Crippen MR) is 194 cm³/mol. The molecule has 0 aliphatic heterocycles. The van der Waals surface area contributed by atoms with Crippen LogP contribution >= 0.6 is 11.8 Å². The lowest BCUT2D eigenvalue weighted by atomic mass is 10.0. The summed E-state index contributed by atoms with van der Waals surface area (Å²) in [4.78, 5) is 31.1. The lowest BCUT2D eigenvalue weighted by Gasteiger charge is -2.34. The molecule has 4 rings (SSSR count). The molecule has 48 heavy (non-hydrogen) atoms. The van der Waals surface area contributed by atoms with Crippen molar-refractivity contribution in [2.24, 2.45) is 0 Å². The molecule has 0 saturated carbocycles. The van der Waals surface area contributed by atoms with Gasteiger partial charge in [0.15, 0.2) is 0 Å². The van der Waals surface area contributed by atoms with E-state index in [2.05, 4.69) is 5.32 Å². The monoisotopic (exact) mass is 687 g/mol. The standard InChI is InChI=1S/C38H45N3O5S2/c1-5-7-24-39-38(43)36(26-30-13-9-8-10-14-30)40(27-31-15-11-12-29(3)25-31)37(42)28-41(32-16-18-33(19-17-32)46-6-2)48(44,45)35-22-20-34(47-4)21-23-35/h8-23,25,36H,5-7,24,26-28H2,1-4H3,(H,39,43). The molecule has 0 radical (unpaired) electrons. The summed E-state index contributed by atoms with van der Waals surface area (Å²) in [6.07, 6.45) is 3.89. The molecule has 0 spiro atoms. The van der Waals surface area contributed by atoms with Crippen LogP contribution in [-0.2, 0) is 32.6 Å². The Hall–Kier alpha value is -4.28. The van der Waals surface area contributed by atoms with Crippen molar-refractivity contribution in [1.29, 1.82) is 0 Å². The van der Waals surface area contributed by atoms with E-state index in [4.69, 9.17) is 4.74 Å². The molecule has 1 N–H and O–H groups in total. The third-order valence-electron chi connectivity index (χ3n) is 7.90. The number of rotatable bonds is 17. The van der Waals surface area contributed by atoms with Gasteiger partial charge in [-0.1, -0.05) is 73.5 Å². The van der Waals surface area contributed by atoms with Gasteiger partial charge >= 0.3 is 0 Å². The van der Waals surface area contributed by atoms with Gasteiger partial charge in [0.25, 0.3) is 10.0 Å². The maximum absolute atomic E-state index is 14.6. The number of nitrogens with one attached hydrogen (secondary N) is 1. The van der Waals surface area contributed by atoms with Crippen LogP contribution < -0.4 is 14.4 Å². The van der Waals surface area contributed by atoms with Crippen LogP contribution in [0.25, 0.3) is 0 Å². The normalized spacial score (nSPS) is 11.8. The van der Waals surface area contributed by atoms with Crippen molar-refractivity contribution in [2.45, 2.75) is 62.4 Å². The number of unbranched alkanes of at least 4 members (excludes halogenated alkanes) is 1. The minimum atomic E-state index is -4.20. The number of amides is 2. The number of aryl methyl sites for hydroxylation is 1. The second kappa shape index (κ2) is 17.8. The Kier molecular flexibility index (Phi) is 13.5. The van der Waals surface area contributed by atoms with E-state index in [-0.39, 0.29) is 23.8 Å². The highest BCUT2D eigenvalue weighted by molar-refractivity contribution is 7.98. The van der Waals surface area contributed by atoms with Gasteiger partial charge in [-0.15, -0.1) is 11.8 Å². The van der Waals surface area contributed by atoms with Crippen LogP contribution in [0.5, 0.6) is 5.75 Å². The molecule has 1 unspecified atom stereocenters. The molecule has 0 aliphatic rings. The maximum Gasteiger partial charge on any atom is 0.264 e. The van der Waals surface area contributed by atoms with Gasteiger partial charge in [0.1, 0.15) is 18.3 Å². The van der Waals surface area contributed by atoms with Gasteiger partial charge in [0.05, 0.1) is 17.2 Å². The summed E-state index contributed by atoms with van der Waals surface area (Å²) in [5, 5.41) is 3.03. The fraction of sp³-hybridized carbons (Fsp3) is 0.316. The number of nitrogens with zero attached hydrogens (tertiary/aromatic N) is 2. The summed E-state index contributed by atoms with van der Waals surface area (Å²) in [7, 11) is -4.20. The lowest BCUT2D eigenvalue weighted by Crippen LogP contribution is -2.53. The Labute approximate surface area is 289 Å². The molecule has 0 aliphatic carbocycles. The van der Waals surface area contributed by atoms with Crippen LogP contribution in [0.2, 0.25) is 0 Å². The Balaban J connectivity index is 1.79. The van der Waals surface area contributed by atoms with E-state index >= 15 is 0 Å². The molecule has 4 aromatic carbocycles. The smallest absolute Gasteiger partial charge is 0.264 e.